The van der Waals surface area contributed by atoms with E-state index in [1.807, 2.05) is 0 Å². The van der Waals surface area contributed by atoms with E-state index in [0.717, 1.165) is 26.2 Å². The zero-order valence-corrected chi connectivity index (χ0v) is 8.08. The molecule has 1 unspecified atom stereocenters. The molecule has 0 saturated heterocycles. The van der Waals surface area contributed by atoms with Crippen molar-refractivity contribution < 1.29 is 5.11 Å². The van der Waals surface area contributed by atoms with Crippen molar-refractivity contribution in [2.75, 3.05) is 32.7 Å². The van der Waals surface area contributed by atoms with Crippen LogP contribution in [0, 0.1) is 0 Å². The average molecular weight is 175 g/mol. The molecule has 0 bridgehead atoms. The maximum Gasteiger partial charge on any atom is 0.115 e. The minimum Gasteiger partial charge on any atom is -0.377 e. The molecule has 0 fully saturated rings. The lowest BCUT2D eigenvalue weighted by Crippen LogP contribution is -2.38. The molecule has 0 amide bonds. The second-order valence-corrected chi connectivity index (χ2v) is 2.80. The van der Waals surface area contributed by atoms with E-state index in [1.54, 1.807) is 0 Å². The molecule has 1 atom stereocenters. The molecule has 0 rings (SSSR count). The van der Waals surface area contributed by atoms with Crippen LogP contribution in [-0.4, -0.2) is 49.0 Å². The van der Waals surface area contributed by atoms with Crippen LogP contribution in [0.25, 0.3) is 0 Å². The minimum absolute atomic E-state index is 0.473. The highest BCUT2D eigenvalue weighted by Crippen LogP contribution is 1.83. The molecule has 0 radical (unpaired) electrons. The molecule has 4 nitrogen and oxygen atoms in total. The van der Waals surface area contributed by atoms with E-state index in [0.29, 0.717) is 6.54 Å². The first-order chi connectivity index (χ1) is 5.70. The van der Waals surface area contributed by atoms with Gasteiger partial charge in [-0.2, -0.15) is 0 Å². The molecule has 0 aromatic heterocycles. The van der Waals surface area contributed by atoms with Crippen LogP contribution in [0.4, 0.5) is 0 Å². The number of likely N-dealkylation sites (N-methyl/N-ethyl adjacent to an activating group) is 1. The Morgan fingerprint density at radius 2 is 2.00 bits per heavy atom. The van der Waals surface area contributed by atoms with Crippen LogP contribution in [0.1, 0.15) is 13.8 Å². The summed E-state index contributed by atoms with van der Waals surface area (Å²) in [5.74, 6) is 0. The number of rotatable bonds is 7. The van der Waals surface area contributed by atoms with E-state index >= 15 is 0 Å². The Hall–Kier alpha value is -0.160. The van der Waals surface area contributed by atoms with E-state index in [1.165, 1.54) is 0 Å². The van der Waals surface area contributed by atoms with Gasteiger partial charge in [0.15, 0.2) is 0 Å². The van der Waals surface area contributed by atoms with Crippen LogP contribution in [0.15, 0.2) is 0 Å². The Morgan fingerprint density at radius 1 is 1.42 bits per heavy atom. The van der Waals surface area contributed by atoms with Gasteiger partial charge in [0.25, 0.3) is 0 Å². The summed E-state index contributed by atoms with van der Waals surface area (Å²) in [6, 6.07) is 0. The summed E-state index contributed by atoms with van der Waals surface area (Å²) in [5, 5.41) is 11.8. The van der Waals surface area contributed by atoms with E-state index in [2.05, 4.69) is 24.1 Å². The SMILES string of the molecule is CCN(CC)CCNCC(N)O. The van der Waals surface area contributed by atoms with Crippen molar-refractivity contribution in [2.45, 2.75) is 20.1 Å². The highest BCUT2D eigenvalue weighted by molar-refractivity contribution is 4.56. The number of hydrogen-bond acceptors (Lipinski definition) is 4. The molecule has 4 N–H and O–H groups in total. The smallest absolute Gasteiger partial charge is 0.115 e. The molecular formula is C8H21N3O. The van der Waals surface area contributed by atoms with Crippen LogP contribution >= 0.6 is 0 Å². The van der Waals surface area contributed by atoms with E-state index < -0.39 is 6.23 Å². The van der Waals surface area contributed by atoms with E-state index in [9.17, 15) is 0 Å². The van der Waals surface area contributed by atoms with Crippen LogP contribution in [0.5, 0.6) is 0 Å². The van der Waals surface area contributed by atoms with Crippen molar-refractivity contribution in [3.05, 3.63) is 0 Å². The fourth-order valence-electron chi connectivity index (χ4n) is 1.03. The summed E-state index contributed by atoms with van der Waals surface area (Å²) < 4.78 is 0. The van der Waals surface area contributed by atoms with Crippen molar-refractivity contribution in [3.8, 4) is 0 Å². The van der Waals surface area contributed by atoms with Crippen LogP contribution < -0.4 is 11.1 Å². The molecule has 0 spiro atoms. The summed E-state index contributed by atoms with van der Waals surface area (Å²) >= 11 is 0. The summed E-state index contributed by atoms with van der Waals surface area (Å²) in [6.07, 6.45) is -0.735. The lowest BCUT2D eigenvalue weighted by Gasteiger charge is -2.18. The van der Waals surface area contributed by atoms with Gasteiger partial charge >= 0.3 is 0 Å². The standard InChI is InChI=1S/C8H21N3O/c1-3-11(4-2)6-5-10-7-8(9)12/h8,10,12H,3-7,9H2,1-2H3. The van der Waals surface area contributed by atoms with Gasteiger partial charge in [0.1, 0.15) is 6.23 Å². The van der Waals surface area contributed by atoms with Gasteiger partial charge in [-0.05, 0) is 13.1 Å². The Kier molecular flexibility index (Phi) is 7.39. The van der Waals surface area contributed by atoms with Gasteiger partial charge in [-0.15, -0.1) is 0 Å². The first-order valence-corrected chi connectivity index (χ1v) is 4.57. The molecule has 4 heteroatoms. The van der Waals surface area contributed by atoms with Gasteiger partial charge in [0, 0.05) is 19.6 Å². The third-order valence-corrected chi connectivity index (χ3v) is 1.85. The molecule has 0 aromatic carbocycles. The number of aliphatic hydroxyl groups excluding tert-OH is 1. The number of nitrogens with zero attached hydrogens (tertiary/aromatic N) is 1. The quantitative estimate of drug-likeness (QED) is 0.350. The van der Waals surface area contributed by atoms with Crippen LogP contribution in [-0.2, 0) is 0 Å². The minimum atomic E-state index is -0.735. The van der Waals surface area contributed by atoms with Gasteiger partial charge < -0.3 is 21.1 Å². The second kappa shape index (κ2) is 7.49. The van der Waals surface area contributed by atoms with Crippen LogP contribution in [0.2, 0.25) is 0 Å². The monoisotopic (exact) mass is 175 g/mol. The van der Waals surface area contributed by atoms with Gasteiger partial charge in [0.2, 0.25) is 0 Å². The summed E-state index contributed by atoms with van der Waals surface area (Å²) in [4.78, 5) is 2.32. The third kappa shape index (κ3) is 6.54. The largest absolute Gasteiger partial charge is 0.377 e. The lowest BCUT2D eigenvalue weighted by atomic mass is 10.4. The summed E-state index contributed by atoms with van der Waals surface area (Å²) in [7, 11) is 0. The molecule has 0 saturated carbocycles. The highest BCUT2D eigenvalue weighted by atomic mass is 16.3. The predicted octanol–water partition coefficient (Wildman–Crippen LogP) is -0.805. The molecule has 0 heterocycles. The summed E-state index contributed by atoms with van der Waals surface area (Å²) in [6.45, 7) is 8.80. The zero-order chi connectivity index (χ0) is 9.40. The maximum atomic E-state index is 8.73. The van der Waals surface area contributed by atoms with E-state index in [-0.39, 0.29) is 0 Å². The number of aliphatic hydroxyl groups is 1. The topological polar surface area (TPSA) is 61.5 Å². The first kappa shape index (κ1) is 11.8. The molecular weight excluding hydrogens is 154 g/mol. The van der Waals surface area contributed by atoms with Crippen molar-refractivity contribution in [3.63, 3.8) is 0 Å². The van der Waals surface area contributed by atoms with E-state index in [4.69, 9.17) is 10.8 Å². The molecule has 12 heavy (non-hydrogen) atoms. The van der Waals surface area contributed by atoms with Gasteiger partial charge in [-0.25, -0.2) is 0 Å². The second-order valence-electron chi connectivity index (χ2n) is 2.80. The molecule has 0 aliphatic rings. The fourth-order valence-corrected chi connectivity index (χ4v) is 1.03. The lowest BCUT2D eigenvalue weighted by molar-refractivity contribution is 0.177. The maximum absolute atomic E-state index is 8.73. The normalized spacial score (nSPS) is 13.8. The van der Waals surface area contributed by atoms with Crippen LogP contribution in [0.3, 0.4) is 0 Å². The number of hydrogen-bond donors (Lipinski definition) is 3. The number of nitrogens with two attached hydrogens (primary N) is 1. The zero-order valence-electron chi connectivity index (χ0n) is 8.08. The molecule has 0 aromatic rings. The van der Waals surface area contributed by atoms with Gasteiger partial charge in [-0.3, -0.25) is 0 Å². The highest BCUT2D eigenvalue weighted by Gasteiger charge is 1.98. The molecule has 0 aliphatic carbocycles. The molecule has 0 aliphatic heterocycles. The first-order valence-electron chi connectivity index (χ1n) is 4.57. The predicted molar refractivity (Wildman–Crippen MR) is 50.9 cm³/mol. The average Bonchev–Trinajstić information content (AvgIpc) is 2.04. The molecule has 74 valence electrons. The summed E-state index contributed by atoms with van der Waals surface area (Å²) in [5.41, 5.74) is 5.15. The van der Waals surface area contributed by atoms with Gasteiger partial charge in [0.05, 0.1) is 0 Å². The number of nitrogens with one attached hydrogen (secondary N) is 1. The Balaban J connectivity index is 3.17. The Bertz CT molecular complexity index is 94.3. The third-order valence-electron chi connectivity index (χ3n) is 1.85. The van der Waals surface area contributed by atoms with Crippen molar-refractivity contribution in [1.29, 1.82) is 0 Å². The Morgan fingerprint density at radius 3 is 2.42 bits per heavy atom. The Labute approximate surface area is 74.7 Å². The fraction of sp³-hybridized carbons (Fsp3) is 1.00. The van der Waals surface area contributed by atoms with Crippen molar-refractivity contribution in [1.82, 2.24) is 10.2 Å². The van der Waals surface area contributed by atoms with Crippen molar-refractivity contribution >= 4 is 0 Å². The van der Waals surface area contributed by atoms with Gasteiger partial charge in [-0.1, -0.05) is 13.8 Å². The van der Waals surface area contributed by atoms with Crippen molar-refractivity contribution in [2.24, 2.45) is 5.73 Å².